The molecule has 1 heterocycles. The van der Waals surface area contributed by atoms with Crippen LogP contribution in [-0.2, 0) is 14.2 Å². The van der Waals surface area contributed by atoms with Crippen LogP contribution in [0.2, 0.25) is 0 Å². The van der Waals surface area contributed by atoms with Crippen LogP contribution in [0.25, 0.3) is 0 Å². The summed E-state index contributed by atoms with van der Waals surface area (Å²) in [5.41, 5.74) is 0. The highest BCUT2D eigenvalue weighted by Crippen LogP contribution is 2.14. The van der Waals surface area contributed by atoms with Crippen LogP contribution in [0.5, 0.6) is 0 Å². The fraction of sp³-hybridized carbons (Fsp3) is 0.933. The minimum absolute atomic E-state index is 0. The molecule has 0 aromatic carbocycles. The summed E-state index contributed by atoms with van der Waals surface area (Å²) >= 11 is 0. The molecule has 0 amide bonds. The van der Waals surface area contributed by atoms with Crippen molar-refractivity contribution in [3.05, 3.63) is 0 Å². The fourth-order valence-corrected chi connectivity index (χ4v) is 2.36. The van der Waals surface area contributed by atoms with Crippen LogP contribution in [0.3, 0.4) is 0 Å². The Labute approximate surface area is 152 Å². The minimum Gasteiger partial charge on any atom is -0.385 e. The van der Waals surface area contributed by atoms with Gasteiger partial charge in [-0.15, -0.1) is 24.0 Å². The van der Waals surface area contributed by atoms with E-state index in [0.29, 0.717) is 19.3 Å². The number of nitrogens with zero attached hydrogens (tertiary/aromatic N) is 2. The highest BCUT2D eigenvalue weighted by molar-refractivity contribution is 14.0. The first-order valence-electron chi connectivity index (χ1n) is 7.94. The van der Waals surface area contributed by atoms with Crippen molar-refractivity contribution in [3.63, 3.8) is 0 Å². The molecule has 0 spiro atoms. The molecule has 0 atom stereocenters. The van der Waals surface area contributed by atoms with Gasteiger partial charge in [-0.3, -0.25) is 4.99 Å². The second kappa shape index (κ2) is 14.5. The number of nitrogens with one attached hydrogen (secondary N) is 1. The van der Waals surface area contributed by atoms with Gasteiger partial charge in [-0.05, 0) is 26.2 Å². The third-order valence-corrected chi connectivity index (χ3v) is 3.48. The average Bonchev–Trinajstić information content (AvgIpc) is 2.52. The lowest BCUT2D eigenvalue weighted by Crippen LogP contribution is -2.47. The van der Waals surface area contributed by atoms with Crippen LogP contribution < -0.4 is 5.32 Å². The van der Waals surface area contributed by atoms with Gasteiger partial charge in [0.1, 0.15) is 0 Å². The molecule has 0 bridgehead atoms. The van der Waals surface area contributed by atoms with E-state index in [-0.39, 0.29) is 24.0 Å². The Morgan fingerprint density at radius 1 is 1.14 bits per heavy atom. The van der Waals surface area contributed by atoms with E-state index in [9.17, 15) is 0 Å². The third kappa shape index (κ3) is 9.12. The Hall–Kier alpha value is -0.120. The molecular formula is C15H32IN3O3. The standard InChI is InChI=1S/C15H31N3O3.HI/c1-4-16-15(17-8-13-20-3)18-9-6-14(7-10-18)21-12-5-11-19-2;/h14H,4-13H2,1-3H3,(H,16,17);1H. The molecule has 0 aromatic rings. The van der Waals surface area contributed by atoms with E-state index in [0.717, 1.165) is 58.1 Å². The number of guanidine groups is 1. The smallest absolute Gasteiger partial charge is 0.193 e. The number of likely N-dealkylation sites (tertiary alicyclic amines) is 1. The van der Waals surface area contributed by atoms with Crippen LogP contribution in [0.15, 0.2) is 4.99 Å². The van der Waals surface area contributed by atoms with E-state index in [1.165, 1.54) is 0 Å². The second-order valence-corrected chi connectivity index (χ2v) is 5.13. The van der Waals surface area contributed by atoms with Crippen LogP contribution in [0, 0.1) is 0 Å². The molecule has 132 valence electrons. The van der Waals surface area contributed by atoms with Crippen molar-refractivity contribution in [3.8, 4) is 0 Å². The molecule has 0 aromatic heterocycles. The monoisotopic (exact) mass is 429 g/mol. The zero-order valence-corrected chi connectivity index (χ0v) is 16.5. The number of piperidine rings is 1. The molecule has 1 N–H and O–H groups in total. The van der Waals surface area contributed by atoms with Gasteiger partial charge in [0.2, 0.25) is 0 Å². The van der Waals surface area contributed by atoms with Gasteiger partial charge in [0.05, 0.1) is 19.3 Å². The first-order valence-corrected chi connectivity index (χ1v) is 7.94. The molecule has 0 unspecified atom stereocenters. The number of hydrogen-bond donors (Lipinski definition) is 1. The van der Waals surface area contributed by atoms with E-state index in [1.807, 2.05) is 0 Å². The molecule has 7 heteroatoms. The average molecular weight is 429 g/mol. The predicted octanol–water partition coefficient (Wildman–Crippen LogP) is 1.73. The lowest BCUT2D eigenvalue weighted by molar-refractivity contribution is 0.00989. The molecule has 1 aliphatic rings. The molecule has 1 fully saturated rings. The first-order chi connectivity index (χ1) is 10.3. The van der Waals surface area contributed by atoms with E-state index in [1.54, 1.807) is 14.2 Å². The van der Waals surface area contributed by atoms with Gasteiger partial charge in [-0.2, -0.15) is 0 Å². The van der Waals surface area contributed by atoms with Gasteiger partial charge in [0.25, 0.3) is 0 Å². The second-order valence-electron chi connectivity index (χ2n) is 5.13. The molecule has 6 nitrogen and oxygen atoms in total. The maximum Gasteiger partial charge on any atom is 0.193 e. The topological polar surface area (TPSA) is 55.3 Å². The summed E-state index contributed by atoms with van der Waals surface area (Å²) in [6.07, 6.45) is 3.46. The lowest BCUT2D eigenvalue weighted by Gasteiger charge is -2.34. The Morgan fingerprint density at radius 2 is 1.82 bits per heavy atom. The minimum atomic E-state index is 0. The molecule has 0 saturated carbocycles. The molecule has 0 radical (unpaired) electrons. The van der Waals surface area contributed by atoms with Crippen molar-refractivity contribution in [1.29, 1.82) is 0 Å². The van der Waals surface area contributed by atoms with Gasteiger partial charge in [-0.1, -0.05) is 0 Å². The SMILES string of the molecule is CCNC(=NCCOC)N1CCC(OCCCOC)CC1.I. The summed E-state index contributed by atoms with van der Waals surface area (Å²) in [6, 6.07) is 0. The summed E-state index contributed by atoms with van der Waals surface area (Å²) in [5, 5.41) is 3.35. The zero-order valence-electron chi connectivity index (χ0n) is 14.2. The summed E-state index contributed by atoms with van der Waals surface area (Å²) in [6.45, 7) is 7.90. The van der Waals surface area contributed by atoms with E-state index >= 15 is 0 Å². The number of aliphatic imine (C=N–C) groups is 1. The number of hydrogen-bond acceptors (Lipinski definition) is 4. The Bertz CT molecular complexity index is 285. The predicted molar refractivity (Wildman–Crippen MR) is 100 cm³/mol. The Balaban J connectivity index is 0.00000441. The van der Waals surface area contributed by atoms with Crippen molar-refractivity contribution in [1.82, 2.24) is 10.2 Å². The third-order valence-electron chi connectivity index (χ3n) is 3.48. The largest absolute Gasteiger partial charge is 0.385 e. The van der Waals surface area contributed by atoms with Crippen LogP contribution in [0.1, 0.15) is 26.2 Å². The van der Waals surface area contributed by atoms with Gasteiger partial charge < -0.3 is 24.4 Å². The summed E-state index contributed by atoms with van der Waals surface area (Å²) < 4.78 is 16.0. The maximum absolute atomic E-state index is 5.88. The summed E-state index contributed by atoms with van der Waals surface area (Å²) in [7, 11) is 3.43. The number of ether oxygens (including phenoxy) is 3. The van der Waals surface area contributed by atoms with Crippen LogP contribution in [-0.4, -0.2) is 77.2 Å². The maximum atomic E-state index is 5.88. The summed E-state index contributed by atoms with van der Waals surface area (Å²) in [5.74, 6) is 0.993. The lowest BCUT2D eigenvalue weighted by atomic mass is 10.1. The molecule has 22 heavy (non-hydrogen) atoms. The molecule has 1 rings (SSSR count). The zero-order chi connectivity index (χ0) is 15.3. The molecule has 1 saturated heterocycles. The van der Waals surface area contributed by atoms with Crippen molar-refractivity contribution in [2.45, 2.75) is 32.3 Å². The Kier molecular flexibility index (Phi) is 14.4. The highest BCUT2D eigenvalue weighted by atomic mass is 127. The van der Waals surface area contributed by atoms with E-state index < -0.39 is 0 Å². The van der Waals surface area contributed by atoms with Crippen LogP contribution in [0.4, 0.5) is 0 Å². The number of methoxy groups -OCH3 is 2. The van der Waals surface area contributed by atoms with Crippen molar-refractivity contribution in [2.24, 2.45) is 4.99 Å². The number of halogens is 1. The normalized spacial score (nSPS) is 16.5. The fourth-order valence-electron chi connectivity index (χ4n) is 2.36. The van der Waals surface area contributed by atoms with E-state index in [4.69, 9.17) is 14.2 Å². The summed E-state index contributed by atoms with van der Waals surface area (Å²) in [4.78, 5) is 6.90. The van der Waals surface area contributed by atoms with Gasteiger partial charge in [0, 0.05) is 47.1 Å². The van der Waals surface area contributed by atoms with Crippen molar-refractivity contribution in [2.75, 3.05) is 60.2 Å². The van der Waals surface area contributed by atoms with Gasteiger partial charge in [0.15, 0.2) is 5.96 Å². The Morgan fingerprint density at radius 3 is 2.41 bits per heavy atom. The first kappa shape index (κ1) is 21.9. The van der Waals surface area contributed by atoms with Gasteiger partial charge >= 0.3 is 0 Å². The van der Waals surface area contributed by atoms with Crippen LogP contribution >= 0.6 is 24.0 Å². The van der Waals surface area contributed by atoms with E-state index in [2.05, 4.69) is 22.1 Å². The highest BCUT2D eigenvalue weighted by Gasteiger charge is 2.21. The molecular weight excluding hydrogens is 397 g/mol. The van der Waals surface area contributed by atoms with Crippen molar-refractivity contribution < 1.29 is 14.2 Å². The van der Waals surface area contributed by atoms with Crippen molar-refractivity contribution >= 4 is 29.9 Å². The van der Waals surface area contributed by atoms with Gasteiger partial charge in [-0.25, -0.2) is 0 Å². The quantitative estimate of drug-likeness (QED) is 0.262. The molecule has 0 aliphatic carbocycles. The number of rotatable bonds is 9. The molecule has 1 aliphatic heterocycles.